The van der Waals surface area contributed by atoms with E-state index >= 15 is 0 Å². The maximum absolute atomic E-state index is 5.29. The standard InChI is InChI=1S/C23H29N5O2.HI/c1-4-21-27-22(30-28-21)19-11-9-17(10-12-19)13-14-25-23(24-5-2)26-16-18-7-6-8-20(15-18)29-3;/h6-12,15H,4-5,13-14,16H2,1-3H3,(H2,24,25,26);1H. The zero-order valence-electron chi connectivity index (χ0n) is 18.2. The van der Waals surface area contributed by atoms with Crippen LogP contribution in [-0.4, -0.2) is 36.3 Å². The molecule has 0 radical (unpaired) electrons. The Morgan fingerprint density at radius 3 is 2.55 bits per heavy atom. The number of hydrogen-bond donors (Lipinski definition) is 2. The minimum absolute atomic E-state index is 0. The molecule has 0 atom stereocenters. The van der Waals surface area contributed by atoms with Crippen molar-refractivity contribution < 1.29 is 9.26 Å². The van der Waals surface area contributed by atoms with Gasteiger partial charge in [0, 0.05) is 25.1 Å². The minimum atomic E-state index is 0. The summed E-state index contributed by atoms with van der Waals surface area (Å²) >= 11 is 0. The lowest BCUT2D eigenvalue weighted by Gasteiger charge is -2.11. The van der Waals surface area contributed by atoms with Gasteiger partial charge in [-0.2, -0.15) is 4.98 Å². The van der Waals surface area contributed by atoms with Crippen LogP contribution in [0.15, 0.2) is 58.0 Å². The molecule has 2 aromatic carbocycles. The molecule has 2 N–H and O–H groups in total. The topological polar surface area (TPSA) is 84.6 Å². The van der Waals surface area contributed by atoms with Crippen molar-refractivity contribution in [3.8, 4) is 17.2 Å². The zero-order chi connectivity index (χ0) is 21.2. The lowest BCUT2D eigenvalue weighted by molar-refractivity contribution is 0.414. The highest BCUT2D eigenvalue weighted by Gasteiger charge is 2.07. The van der Waals surface area contributed by atoms with Gasteiger partial charge in [0.2, 0.25) is 0 Å². The molecule has 0 unspecified atom stereocenters. The second-order valence-electron chi connectivity index (χ2n) is 6.79. The Kier molecular flexibility index (Phi) is 10.3. The van der Waals surface area contributed by atoms with Crippen LogP contribution in [0.1, 0.15) is 30.8 Å². The normalized spacial score (nSPS) is 11.0. The molecule has 166 valence electrons. The Morgan fingerprint density at radius 1 is 1.06 bits per heavy atom. The van der Waals surface area contributed by atoms with E-state index in [1.807, 2.05) is 43.3 Å². The van der Waals surface area contributed by atoms with Crippen molar-refractivity contribution in [1.29, 1.82) is 0 Å². The van der Waals surface area contributed by atoms with Gasteiger partial charge in [-0.25, -0.2) is 4.99 Å². The smallest absolute Gasteiger partial charge is 0.257 e. The van der Waals surface area contributed by atoms with Crippen LogP contribution in [0.25, 0.3) is 11.5 Å². The van der Waals surface area contributed by atoms with Crippen LogP contribution in [0.4, 0.5) is 0 Å². The number of halogens is 1. The van der Waals surface area contributed by atoms with E-state index < -0.39 is 0 Å². The Labute approximate surface area is 200 Å². The first-order valence-electron chi connectivity index (χ1n) is 10.3. The summed E-state index contributed by atoms with van der Waals surface area (Å²) in [6.45, 7) is 6.24. The van der Waals surface area contributed by atoms with Crippen molar-refractivity contribution in [1.82, 2.24) is 20.8 Å². The number of nitrogens with one attached hydrogen (secondary N) is 2. The van der Waals surface area contributed by atoms with Gasteiger partial charge in [0.25, 0.3) is 5.89 Å². The summed E-state index contributed by atoms with van der Waals surface area (Å²) in [5, 5.41) is 10.6. The van der Waals surface area contributed by atoms with Gasteiger partial charge in [0.05, 0.1) is 13.7 Å². The first kappa shape index (κ1) is 24.6. The van der Waals surface area contributed by atoms with Crippen molar-refractivity contribution in [3.05, 3.63) is 65.5 Å². The van der Waals surface area contributed by atoms with Crippen molar-refractivity contribution in [2.45, 2.75) is 33.2 Å². The Hall–Kier alpha value is -2.62. The second-order valence-corrected chi connectivity index (χ2v) is 6.79. The number of aromatic nitrogens is 2. The van der Waals surface area contributed by atoms with Crippen molar-refractivity contribution in [2.75, 3.05) is 20.2 Å². The van der Waals surface area contributed by atoms with Gasteiger partial charge in [0.1, 0.15) is 5.75 Å². The third-order valence-electron chi connectivity index (χ3n) is 4.59. The average molecular weight is 535 g/mol. The molecule has 1 heterocycles. The third kappa shape index (κ3) is 7.54. The summed E-state index contributed by atoms with van der Waals surface area (Å²) in [5.41, 5.74) is 3.27. The number of methoxy groups -OCH3 is 1. The van der Waals surface area contributed by atoms with Gasteiger partial charge >= 0.3 is 0 Å². The van der Waals surface area contributed by atoms with Gasteiger partial charge in [0.15, 0.2) is 11.8 Å². The van der Waals surface area contributed by atoms with E-state index in [9.17, 15) is 0 Å². The SMILES string of the molecule is CCNC(=NCc1cccc(OC)c1)NCCc1ccc(-c2nc(CC)no2)cc1.I. The van der Waals surface area contributed by atoms with E-state index in [1.165, 1.54) is 5.56 Å². The van der Waals surface area contributed by atoms with E-state index in [2.05, 4.69) is 44.8 Å². The predicted octanol–water partition coefficient (Wildman–Crippen LogP) is 4.22. The number of nitrogens with zero attached hydrogens (tertiary/aromatic N) is 3. The van der Waals surface area contributed by atoms with Gasteiger partial charge in [-0.05, 0) is 48.7 Å². The average Bonchev–Trinajstić information content (AvgIpc) is 3.27. The van der Waals surface area contributed by atoms with Gasteiger partial charge in [-0.3, -0.25) is 0 Å². The molecule has 0 fully saturated rings. The van der Waals surface area contributed by atoms with Crippen LogP contribution in [-0.2, 0) is 19.4 Å². The summed E-state index contributed by atoms with van der Waals surface area (Å²) in [4.78, 5) is 9.03. The van der Waals surface area contributed by atoms with E-state index in [0.717, 1.165) is 54.6 Å². The van der Waals surface area contributed by atoms with Crippen LogP contribution < -0.4 is 15.4 Å². The highest BCUT2D eigenvalue weighted by molar-refractivity contribution is 14.0. The number of aryl methyl sites for hydroxylation is 1. The van der Waals surface area contributed by atoms with E-state index in [0.29, 0.717) is 12.4 Å². The van der Waals surface area contributed by atoms with Crippen LogP contribution in [0.2, 0.25) is 0 Å². The molecule has 0 bridgehead atoms. The Bertz CT molecular complexity index is 957. The highest BCUT2D eigenvalue weighted by atomic mass is 127. The predicted molar refractivity (Wildman–Crippen MR) is 134 cm³/mol. The molecule has 0 saturated heterocycles. The van der Waals surface area contributed by atoms with Crippen LogP contribution in [0.3, 0.4) is 0 Å². The molecule has 31 heavy (non-hydrogen) atoms. The van der Waals surface area contributed by atoms with E-state index in [-0.39, 0.29) is 24.0 Å². The van der Waals surface area contributed by atoms with Crippen LogP contribution in [0, 0.1) is 0 Å². The minimum Gasteiger partial charge on any atom is -0.497 e. The molecule has 3 rings (SSSR count). The molecule has 0 amide bonds. The van der Waals surface area contributed by atoms with E-state index in [4.69, 9.17) is 9.26 Å². The second kappa shape index (κ2) is 12.9. The number of rotatable bonds is 9. The first-order valence-corrected chi connectivity index (χ1v) is 10.3. The molecule has 0 aliphatic rings. The summed E-state index contributed by atoms with van der Waals surface area (Å²) in [6.07, 6.45) is 1.65. The molecule has 0 saturated carbocycles. The lowest BCUT2D eigenvalue weighted by Crippen LogP contribution is -2.38. The Balaban J connectivity index is 0.00000341. The fraction of sp³-hybridized carbons (Fsp3) is 0.348. The largest absolute Gasteiger partial charge is 0.497 e. The molecular weight excluding hydrogens is 505 g/mol. The molecule has 8 heteroatoms. The number of ether oxygens (including phenoxy) is 1. The Morgan fingerprint density at radius 2 is 1.87 bits per heavy atom. The van der Waals surface area contributed by atoms with Gasteiger partial charge < -0.3 is 19.9 Å². The fourth-order valence-electron chi connectivity index (χ4n) is 2.94. The zero-order valence-corrected chi connectivity index (χ0v) is 20.6. The number of hydrogen-bond acceptors (Lipinski definition) is 5. The van der Waals surface area contributed by atoms with Crippen LogP contribution in [0.5, 0.6) is 5.75 Å². The molecule has 7 nitrogen and oxygen atoms in total. The maximum Gasteiger partial charge on any atom is 0.257 e. The quantitative estimate of drug-likeness (QED) is 0.243. The van der Waals surface area contributed by atoms with E-state index in [1.54, 1.807) is 7.11 Å². The molecular formula is C23H30IN5O2. The highest BCUT2D eigenvalue weighted by Crippen LogP contribution is 2.18. The summed E-state index contributed by atoms with van der Waals surface area (Å²) in [6, 6.07) is 16.2. The van der Waals surface area contributed by atoms with Gasteiger partial charge in [-0.1, -0.05) is 36.3 Å². The van der Waals surface area contributed by atoms with Gasteiger partial charge in [-0.15, -0.1) is 24.0 Å². The lowest BCUT2D eigenvalue weighted by atomic mass is 10.1. The molecule has 3 aromatic rings. The monoisotopic (exact) mass is 535 g/mol. The number of benzene rings is 2. The fourth-order valence-corrected chi connectivity index (χ4v) is 2.94. The van der Waals surface area contributed by atoms with Crippen molar-refractivity contribution in [3.63, 3.8) is 0 Å². The van der Waals surface area contributed by atoms with Crippen LogP contribution >= 0.6 is 24.0 Å². The molecule has 0 spiro atoms. The molecule has 0 aliphatic carbocycles. The first-order chi connectivity index (χ1) is 14.7. The summed E-state index contributed by atoms with van der Waals surface area (Å²) in [5.74, 6) is 2.93. The third-order valence-corrected chi connectivity index (χ3v) is 4.59. The summed E-state index contributed by atoms with van der Waals surface area (Å²) < 4.78 is 10.6. The number of aliphatic imine (C=N–C) groups is 1. The number of guanidine groups is 1. The van der Waals surface area contributed by atoms with Crippen molar-refractivity contribution >= 4 is 29.9 Å². The maximum atomic E-state index is 5.29. The van der Waals surface area contributed by atoms with Crippen molar-refractivity contribution in [2.24, 2.45) is 4.99 Å². The summed E-state index contributed by atoms with van der Waals surface area (Å²) in [7, 11) is 1.67. The molecule has 1 aromatic heterocycles. The molecule has 0 aliphatic heterocycles.